The topological polar surface area (TPSA) is 106 Å². The molecule has 1 atom stereocenters. The zero-order valence-corrected chi connectivity index (χ0v) is 39.2. The van der Waals surface area contributed by atoms with Gasteiger partial charge in [-0.05, 0) is 119 Å². The zero-order chi connectivity index (χ0) is 51.1. The van der Waals surface area contributed by atoms with Crippen molar-refractivity contribution >= 4 is 33.6 Å². The highest BCUT2D eigenvalue weighted by Crippen LogP contribution is 2.42. The number of nitrogens with one attached hydrogen (secondary N) is 1. The number of rotatable bonds is 12. The van der Waals surface area contributed by atoms with Crippen LogP contribution in [0, 0.1) is 0 Å². The number of fused-ring (bicyclic) bond motifs is 2. The van der Waals surface area contributed by atoms with Crippen LogP contribution in [0.2, 0.25) is 0 Å². The van der Waals surface area contributed by atoms with Crippen LogP contribution < -0.4 is 10.1 Å². The van der Waals surface area contributed by atoms with E-state index >= 15 is 0 Å². The summed E-state index contributed by atoms with van der Waals surface area (Å²) in [6.07, 6.45) is -5.00. The van der Waals surface area contributed by atoms with Gasteiger partial charge in [-0.2, -0.15) is 26.3 Å². The van der Waals surface area contributed by atoms with E-state index in [2.05, 4.69) is 20.3 Å². The molecule has 0 fully saturated rings. The molecule has 0 saturated heterocycles. The van der Waals surface area contributed by atoms with Crippen molar-refractivity contribution in [3.05, 3.63) is 227 Å². The van der Waals surface area contributed by atoms with Gasteiger partial charge in [-0.1, -0.05) is 115 Å². The fourth-order valence-electron chi connectivity index (χ4n) is 8.83. The van der Waals surface area contributed by atoms with Crippen molar-refractivity contribution in [3.8, 4) is 33.8 Å². The molecule has 3 heterocycles. The summed E-state index contributed by atoms with van der Waals surface area (Å²) in [5.41, 5.74) is 5.66. The van der Waals surface area contributed by atoms with Crippen LogP contribution in [0.1, 0.15) is 56.2 Å². The third-order valence-corrected chi connectivity index (χ3v) is 12.1. The van der Waals surface area contributed by atoms with Crippen molar-refractivity contribution < 1.29 is 45.7 Å². The van der Waals surface area contributed by atoms with Crippen LogP contribution >= 0.6 is 0 Å². The first kappa shape index (κ1) is 49.6. The summed E-state index contributed by atoms with van der Waals surface area (Å²) in [5.74, 6) is 1.37. The lowest BCUT2D eigenvalue weighted by molar-refractivity contribution is -0.137. The number of halogens is 6. The van der Waals surface area contributed by atoms with Gasteiger partial charge in [-0.3, -0.25) is 14.8 Å². The van der Waals surface area contributed by atoms with E-state index in [1.165, 1.54) is 18.3 Å². The Kier molecular flexibility index (Phi) is 14.6. The van der Waals surface area contributed by atoms with Gasteiger partial charge in [-0.15, -0.1) is 0 Å². The minimum absolute atomic E-state index is 0.0365. The standard InChI is InChI=1S/C33H25F3N2O2.C26H21F3N2O2/c1-21-19-38-32(39-21)24-11-6-13-27(18-24)40-26-12-5-10-23(17-26)30-25(16-22-8-3-2-4-9-22)20-37-31-28(30)14-7-15-29(31)33(34,35)36;27-26(28,29)22-11-5-10-21-23(18-8-4-9-19(15-18)25(33)30-12-13-32)20(16-31-24(21)22)14-17-6-2-1-3-7-17/h2-15,17-18,20-21H,16,19H2,1H3;1-11,15-16,32H,12-14H2,(H,30,33). The molecule has 0 saturated carbocycles. The monoisotopic (exact) mass is 988 g/mol. The summed E-state index contributed by atoms with van der Waals surface area (Å²) in [6.45, 7) is 2.50. The van der Waals surface area contributed by atoms with E-state index < -0.39 is 23.5 Å². The van der Waals surface area contributed by atoms with Gasteiger partial charge in [0.25, 0.3) is 5.91 Å². The first-order chi connectivity index (χ1) is 35.2. The van der Waals surface area contributed by atoms with Gasteiger partial charge < -0.3 is 19.9 Å². The Morgan fingerprint density at radius 3 is 1.59 bits per heavy atom. The van der Waals surface area contributed by atoms with Crippen molar-refractivity contribution in [2.75, 3.05) is 19.7 Å². The average molecular weight is 989 g/mol. The minimum Gasteiger partial charge on any atom is -0.472 e. The summed E-state index contributed by atoms with van der Waals surface area (Å²) < 4.78 is 94.7. The largest absolute Gasteiger partial charge is 0.472 e. The second-order valence-corrected chi connectivity index (χ2v) is 17.3. The summed E-state index contributed by atoms with van der Waals surface area (Å²) in [7, 11) is 0. The van der Waals surface area contributed by atoms with Crippen LogP contribution in [0.4, 0.5) is 26.3 Å². The van der Waals surface area contributed by atoms with Gasteiger partial charge in [0.2, 0.25) is 5.90 Å². The first-order valence-corrected chi connectivity index (χ1v) is 23.4. The average Bonchev–Trinajstić information content (AvgIpc) is 3.84. The number of nitrogens with zero attached hydrogens (tertiary/aromatic N) is 3. The van der Waals surface area contributed by atoms with Crippen LogP contribution in [0.5, 0.6) is 11.5 Å². The van der Waals surface area contributed by atoms with Crippen molar-refractivity contribution in [1.29, 1.82) is 0 Å². The van der Waals surface area contributed by atoms with Crippen LogP contribution in [-0.2, 0) is 29.9 Å². The van der Waals surface area contributed by atoms with Crippen LogP contribution in [0.15, 0.2) is 187 Å². The van der Waals surface area contributed by atoms with E-state index in [9.17, 15) is 31.1 Å². The predicted molar refractivity (Wildman–Crippen MR) is 271 cm³/mol. The molecular weight excluding hydrogens is 943 g/mol. The number of hydrogen-bond acceptors (Lipinski definition) is 7. The van der Waals surface area contributed by atoms with E-state index in [1.54, 1.807) is 42.6 Å². The molecule has 73 heavy (non-hydrogen) atoms. The Morgan fingerprint density at radius 2 is 1.10 bits per heavy atom. The number of aliphatic imine (C=N–C) groups is 1. The van der Waals surface area contributed by atoms with E-state index in [0.29, 0.717) is 69.8 Å². The SMILES string of the molecule is CC1CN=C(c2cccc(Oc3cccc(-c4c(Cc5ccccc5)cnc5c(C(F)(F)F)cccc45)c3)c2)O1.O=C(NCCO)c1cccc(-c2c(Cc3ccccc3)cnc3c(C(F)(F)F)cccc23)c1. The van der Waals surface area contributed by atoms with Crippen LogP contribution in [0.3, 0.4) is 0 Å². The molecule has 1 unspecified atom stereocenters. The molecule has 9 aromatic rings. The van der Waals surface area contributed by atoms with Crippen molar-refractivity contribution in [3.63, 3.8) is 0 Å². The highest BCUT2D eigenvalue weighted by Gasteiger charge is 2.35. The van der Waals surface area contributed by atoms with Crippen molar-refractivity contribution in [1.82, 2.24) is 15.3 Å². The number of carbonyl (C=O) groups excluding carboxylic acids is 1. The molecule has 2 aromatic heterocycles. The molecule has 0 radical (unpaired) electrons. The molecule has 1 aliphatic heterocycles. The molecule has 8 nitrogen and oxygen atoms in total. The van der Waals surface area contributed by atoms with Gasteiger partial charge in [-0.25, -0.2) is 4.99 Å². The molecule has 0 aliphatic carbocycles. The quantitative estimate of drug-likeness (QED) is 0.118. The van der Waals surface area contributed by atoms with Gasteiger partial charge in [0, 0.05) is 40.8 Å². The molecule has 0 spiro atoms. The van der Waals surface area contributed by atoms with E-state index in [1.807, 2.05) is 116 Å². The number of pyridine rings is 2. The summed E-state index contributed by atoms with van der Waals surface area (Å²) >= 11 is 0. The number of para-hydroxylation sites is 2. The van der Waals surface area contributed by atoms with Gasteiger partial charge in [0.1, 0.15) is 17.6 Å². The predicted octanol–water partition coefficient (Wildman–Crippen LogP) is 13.7. The number of alkyl halides is 6. The fourth-order valence-corrected chi connectivity index (χ4v) is 8.83. The lowest BCUT2D eigenvalue weighted by Gasteiger charge is -2.17. The van der Waals surface area contributed by atoms with Gasteiger partial charge in [0.15, 0.2) is 0 Å². The molecule has 14 heteroatoms. The molecule has 7 aromatic carbocycles. The number of benzene rings is 7. The Labute approximate surface area is 416 Å². The van der Waals surface area contributed by atoms with Gasteiger partial charge >= 0.3 is 12.4 Å². The lowest BCUT2D eigenvalue weighted by atomic mass is 9.91. The number of amides is 1. The third-order valence-electron chi connectivity index (χ3n) is 12.1. The van der Waals surface area contributed by atoms with Gasteiger partial charge in [0.05, 0.1) is 35.3 Å². The maximum atomic E-state index is 13.9. The van der Waals surface area contributed by atoms with E-state index in [-0.39, 0.29) is 36.2 Å². The smallest absolute Gasteiger partial charge is 0.418 e. The molecule has 1 amide bonds. The third kappa shape index (κ3) is 11.6. The normalized spacial score (nSPS) is 13.5. The van der Waals surface area contributed by atoms with Crippen LogP contribution in [0.25, 0.3) is 44.1 Å². The Bertz CT molecular complexity index is 3460. The molecule has 10 rings (SSSR count). The Hall–Kier alpha value is -8.36. The first-order valence-electron chi connectivity index (χ1n) is 23.4. The molecule has 1 aliphatic rings. The second-order valence-electron chi connectivity index (χ2n) is 17.3. The summed E-state index contributed by atoms with van der Waals surface area (Å²) in [5, 5.41) is 12.4. The van der Waals surface area contributed by atoms with E-state index in [0.717, 1.165) is 45.5 Å². The van der Waals surface area contributed by atoms with Crippen molar-refractivity contribution in [2.45, 2.75) is 38.2 Å². The number of aliphatic hydroxyl groups is 1. The lowest BCUT2D eigenvalue weighted by Crippen LogP contribution is -2.26. The Balaban J connectivity index is 0.000000183. The highest BCUT2D eigenvalue weighted by atomic mass is 19.4. The number of carbonyl (C=O) groups is 1. The number of hydrogen-bond donors (Lipinski definition) is 2. The zero-order valence-electron chi connectivity index (χ0n) is 39.2. The molecule has 368 valence electrons. The maximum Gasteiger partial charge on any atom is 0.418 e. The summed E-state index contributed by atoms with van der Waals surface area (Å²) in [6, 6.07) is 49.2. The number of aliphatic hydroxyl groups excluding tert-OH is 1. The fraction of sp³-hybridized carbons (Fsp3) is 0.153. The summed E-state index contributed by atoms with van der Waals surface area (Å²) in [4.78, 5) is 25.4. The number of aromatic nitrogens is 2. The Morgan fingerprint density at radius 1 is 0.616 bits per heavy atom. The molecule has 2 N–H and O–H groups in total. The molecular formula is C59H46F6N4O4. The number of ether oxygens (including phenoxy) is 2. The highest BCUT2D eigenvalue weighted by molar-refractivity contribution is 6.01. The van der Waals surface area contributed by atoms with E-state index in [4.69, 9.17) is 14.6 Å². The second kappa shape index (κ2) is 21.6. The van der Waals surface area contributed by atoms with Crippen LogP contribution in [-0.4, -0.2) is 52.7 Å². The minimum atomic E-state index is -4.54. The maximum absolute atomic E-state index is 13.9. The molecule has 0 bridgehead atoms. The van der Waals surface area contributed by atoms with Crippen molar-refractivity contribution in [2.24, 2.45) is 4.99 Å².